The first-order chi connectivity index (χ1) is 18.5. The smallest absolute Gasteiger partial charge is 0.241 e. The largest absolute Gasteiger partial charge is 0.497 e. The maximum Gasteiger partial charge on any atom is 0.241 e. The van der Waals surface area contributed by atoms with Crippen molar-refractivity contribution in [3.63, 3.8) is 0 Å². The second-order valence-electron chi connectivity index (χ2n) is 9.43. The molecule has 5 nitrogen and oxygen atoms in total. The van der Waals surface area contributed by atoms with Crippen LogP contribution in [0.5, 0.6) is 5.75 Å². The number of anilines is 1. The Morgan fingerprint density at radius 2 is 1.37 bits per heavy atom. The molecule has 0 spiro atoms. The van der Waals surface area contributed by atoms with Crippen LogP contribution in [0.1, 0.15) is 41.5 Å². The summed E-state index contributed by atoms with van der Waals surface area (Å²) in [6.45, 7) is 4.61. The lowest BCUT2D eigenvalue weighted by Crippen LogP contribution is -2.45. The van der Waals surface area contributed by atoms with Gasteiger partial charge < -0.3 is 15.8 Å². The van der Waals surface area contributed by atoms with Crippen LogP contribution in [0.15, 0.2) is 109 Å². The van der Waals surface area contributed by atoms with Gasteiger partial charge in [0.25, 0.3) is 0 Å². The first-order valence-corrected chi connectivity index (χ1v) is 13.0. The average molecular weight is 507 g/mol. The van der Waals surface area contributed by atoms with Crippen molar-refractivity contribution in [2.75, 3.05) is 19.0 Å². The minimum atomic E-state index is -0.566. The quantitative estimate of drug-likeness (QED) is 0.165. The van der Waals surface area contributed by atoms with E-state index in [-0.39, 0.29) is 5.91 Å². The van der Waals surface area contributed by atoms with Crippen molar-refractivity contribution in [1.29, 1.82) is 0 Å². The standard InChI is InChI=1S/C33H36N3O2/c1-25-16-20-29(21-17-25)36-32(37)31(34)15-9-10-24-35-33(26-11-5-3-6-12-26,27-13-7-4-8-14-27)28-18-22-30(38-2)23-19-28/h3-8,11-14,16-23,31,35H,1,9-10,15,24,34H2,2H3,(H,36,37)/t31-/m0/s1. The van der Waals surface area contributed by atoms with E-state index in [1.807, 2.05) is 48.5 Å². The van der Waals surface area contributed by atoms with Gasteiger partial charge in [-0.05, 0) is 72.8 Å². The molecule has 1 amide bonds. The van der Waals surface area contributed by atoms with Crippen LogP contribution in [-0.2, 0) is 10.3 Å². The highest BCUT2D eigenvalue weighted by molar-refractivity contribution is 5.94. The summed E-state index contributed by atoms with van der Waals surface area (Å²) >= 11 is 0. The molecule has 0 heterocycles. The lowest BCUT2D eigenvalue weighted by molar-refractivity contribution is -0.117. The molecule has 38 heavy (non-hydrogen) atoms. The lowest BCUT2D eigenvalue weighted by atomic mass is 9.77. The number of nitrogens with two attached hydrogens (primary N) is 1. The zero-order chi connectivity index (χ0) is 26.8. The number of carbonyl (C=O) groups is 1. The second-order valence-corrected chi connectivity index (χ2v) is 9.43. The molecular formula is C33H36N3O2. The Morgan fingerprint density at radius 1 is 0.816 bits per heavy atom. The van der Waals surface area contributed by atoms with E-state index in [0.29, 0.717) is 6.42 Å². The summed E-state index contributed by atoms with van der Waals surface area (Å²) in [4.78, 5) is 12.6. The maximum absolute atomic E-state index is 12.6. The molecule has 4 aromatic carbocycles. The second kappa shape index (κ2) is 13.0. The minimum Gasteiger partial charge on any atom is -0.497 e. The molecule has 0 saturated heterocycles. The fourth-order valence-corrected chi connectivity index (χ4v) is 4.74. The van der Waals surface area contributed by atoms with Crippen LogP contribution in [0.2, 0.25) is 0 Å². The number of rotatable bonds is 12. The SMILES string of the molecule is [CH2]c1ccc(NC(=O)[C@@H](N)CCCCNC(c2ccccc2)(c2ccccc2)c2ccc(OC)cc2)cc1. The molecule has 0 fully saturated rings. The van der Waals surface area contributed by atoms with E-state index in [9.17, 15) is 4.79 Å². The molecular weight excluding hydrogens is 470 g/mol. The van der Waals surface area contributed by atoms with Gasteiger partial charge in [0, 0.05) is 5.69 Å². The maximum atomic E-state index is 12.6. The summed E-state index contributed by atoms with van der Waals surface area (Å²) in [5, 5.41) is 6.77. The first kappa shape index (κ1) is 27.1. The molecule has 0 bridgehead atoms. The topological polar surface area (TPSA) is 76.4 Å². The van der Waals surface area contributed by atoms with Crippen molar-refractivity contribution in [1.82, 2.24) is 5.32 Å². The van der Waals surface area contributed by atoms with Crippen LogP contribution in [-0.4, -0.2) is 25.6 Å². The normalized spacial score (nSPS) is 12.1. The number of hydrogen-bond acceptors (Lipinski definition) is 4. The summed E-state index contributed by atoms with van der Waals surface area (Å²) < 4.78 is 5.42. The van der Waals surface area contributed by atoms with E-state index in [1.54, 1.807) is 7.11 Å². The molecule has 0 aliphatic heterocycles. The van der Waals surface area contributed by atoms with Crippen LogP contribution < -0.4 is 21.1 Å². The van der Waals surface area contributed by atoms with Crippen molar-refractivity contribution in [3.8, 4) is 5.75 Å². The Balaban J connectivity index is 1.47. The van der Waals surface area contributed by atoms with E-state index in [1.165, 1.54) is 0 Å². The van der Waals surface area contributed by atoms with E-state index < -0.39 is 11.6 Å². The lowest BCUT2D eigenvalue weighted by Gasteiger charge is -2.37. The minimum absolute atomic E-state index is 0.170. The van der Waals surface area contributed by atoms with Crippen LogP contribution in [0.3, 0.4) is 0 Å². The number of hydrogen-bond donors (Lipinski definition) is 3. The number of methoxy groups -OCH3 is 1. The monoisotopic (exact) mass is 506 g/mol. The van der Waals surface area contributed by atoms with Crippen LogP contribution in [0, 0.1) is 6.92 Å². The molecule has 0 unspecified atom stereocenters. The third-order valence-corrected chi connectivity index (χ3v) is 6.83. The highest BCUT2D eigenvalue weighted by Gasteiger charge is 2.35. The molecule has 1 radical (unpaired) electrons. The van der Waals surface area contributed by atoms with Gasteiger partial charge >= 0.3 is 0 Å². The van der Waals surface area contributed by atoms with Crippen LogP contribution >= 0.6 is 0 Å². The zero-order valence-electron chi connectivity index (χ0n) is 21.9. The molecule has 195 valence electrons. The summed E-state index contributed by atoms with van der Waals surface area (Å²) in [5.41, 5.74) is 10.7. The van der Waals surface area contributed by atoms with Crippen molar-refractivity contribution in [3.05, 3.63) is 138 Å². The Morgan fingerprint density at radius 3 is 1.92 bits per heavy atom. The van der Waals surface area contributed by atoms with Gasteiger partial charge in [0.1, 0.15) is 5.75 Å². The van der Waals surface area contributed by atoms with Gasteiger partial charge in [-0.25, -0.2) is 0 Å². The number of benzene rings is 4. The summed E-state index contributed by atoms with van der Waals surface area (Å²) in [6.07, 6.45) is 2.30. The fraction of sp³-hybridized carbons (Fsp3) is 0.212. The number of carbonyl (C=O) groups excluding carboxylic acids is 1. The summed E-state index contributed by atoms with van der Waals surface area (Å²) in [6, 6.07) is 36.1. The molecule has 1 atom stereocenters. The van der Waals surface area contributed by atoms with Gasteiger partial charge in [0.2, 0.25) is 5.91 Å². The molecule has 5 heteroatoms. The van der Waals surface area contributed by atoms with E-state index in [2.05, 4.69) is 78.2 Å². The van der Waals surface area contributed by atoms with E-state index in [0.717, 1.165) is 53.1 Å². The number of unbranched alkanes of at least 4 members (excludes halogenated alkanes) is 1. The van der Waals surface area contributed by atoms with Crippen LogP contribution in [0.25, 0.3) is 0 Å². The molecule has 4 rings (SSSR count). The predicted octanol–water partition coefficient (Wildman–Crippen LogP) is 5.90. The Kier molecular flexibility index (Phi) is 9.30. The van der Waals surface area contributed by atoms with Crippen molar-refractivity contribution < 1.29 is 9.53 Å². The molecule has 4 aromatic rings. The predicted molar refractivity (Wildman–Crippen MR) is 155 cm³/mol. The molecule has 0 saturated carbocycles. The Labute approximate surface area is 226 Å². The van der Waals surface area contributed by atoms with Gasteiger partial charge in [-0.2, -0.15) is 0 Å². The zero-order valence-corrected chi connectivity index (χ0v) is 21.9. The van der Waals surface area contributed by atoms with E-state index >= 15 is 0 Å². The fourth-order valence-electron chi connectivity index (χ4n) is 4.74. The third-order valence-electron chi connectivity index (χ3n) is 6.83. The molecule has 0 aliphatic carbocycles. The van der Waals surface area contributed by atoms with Gasteiger partial charge in [-0.3, -0.25) is 10.1 Å². The highest BCUT2D eigenvalue weighted by atomic mass is 16.5. The Hall–Kier alpha value is -3.93. The van der Waals surface area contributed by atoms with Gasteiger partial charge in [-0.15, -0.1) is 0 Å². The van der Waals surface area contributed by atoms with Crippen molar-refractivity contribution >= 4 is 11.6 Å². The molecule has 0 aliphatic rings. The number of ether oxygens (including phenoxy) is 1. The van der Waals surface area contributed by atoms with Gasteiger partial charge in [-0.1, -0.05) is 91.3 Å². The average Bonchev–Trinajstić information content (AvgIpc) is 2.97. The van der Waals surface area contributed by atoms with Crippen molar-refractivity contribution in [2.45, 2.75) is 30.8 Å². The van der Waals surface area contributed by atoms with E-state index in [4.69, 9.17) is 10.5 Å². The Bertz CT molecular complexity index is 1230. The van der Waals surface area contributed by atoms with Gasteiger partial charge in [0.15, 0.2) is 0 Å². The summed E-state index contributed by atoms with van der Waals surface area (Å²) in [5.74, 6) is 0.647. The van der Waals surface area contributed by atoms with Crippen LogP contribution in [0.4, 0.5) is 5.69 Å². The summed E-state index contributed by atoms with van der Waals surface area (Å²) in [7, 11) is 1.68. The molecule has 0 aromatic heterocycles. The number of nitrogens with one attached hydrogen (secondary N) is 2. The number of amides is 1. The molecule has 4 N–H and O–H groups in total. The first-order valence-electron chi connectivity index (χ1n) is 13.0. The van der Waals surface area contributed by atoms with Crippen molar-refractivity contribution in [2.24, 2.45) is 5.73 Å². The highest BCUT2D eigenvalue weighted by Crippen LogP contribution is 2.37. The third kappa shape index (κ3) is 6.49. The van der Waals surface area contributed by atoms with Gasteiger partial charge in [0.05, 0.1) is 18.7 Å².